The summed E-state index contributed by atoms with van der Waals surface area (Å²) in [6.07, 6.45) is 7.90. The third-order valence-corrected chi connectivity index (χ3v) is 6.83. The van der Waals surface area contributed by atoms with Crippen LogP contribution in [0.15, 0.2) is 35.6 Å². The van der Waals surface area contributed by atoms with Crippen LogP contribution in [0.25, 0.3) is 0 Å². The predicted octanol–water partition coefficient (Wildman–Crippen LogP) is 2.85. The lowest BCUT2D eigenvalue weighted by Gasteiger charge is -2.18. The van der Waals surface area contributed by atoms with E-state index in [-0.39, 0.29) is 24.2 Å². The minimum Gasteiger partial charge on any atom is -0.493 e. The average molecular weight is 454 g/mol. The standard InChI is InChI=1S/C22H35N3O5S/c1-5-19(13-20(16(2)3)30-15-18-9-10-18)17(4)24-31(28,29)12-8-6-7-11-25-14-21(26)23-22(25)27/h5,13,17-18,24H,2,6-12,14-15H2,1,3-4H3,(H,23,26,27)/b19-5+,20-13+/t17-/m0/s1. The summed E-state index contributed by atoms with van der Waals surface area (Å²) in [4.78, 5) is 24.1. The van der Waals surface area contributed by atoms with Gasteiger partial charge in [-0.25, -0.2) is 17.9 Å². The van der Waals surface area contributed by atoms with Crippen LogP contribution in [0.3, 0.4) is 0 Å². The van der Waals surface area contributed by atoms with E-state index in [9.17, 15) is 18.0 Å². The van der Waals surface area contributed by atoms with E-state index in [0.717, 1.165) is 11.1 Å². The molecule has 8 nitrogen and oxygen atoms in total. The Hall–Kier alpha value is -2.13. The van der Waals surface area contributed by atoms with Crippen LogP contribution in [-0.2, 0) is 19.6 Å². The summed E-state index contributed by atoms with van der Waals surface area (Å²) < 4.78 is 33.6. The molecule has 0 aromatic carbocycles. The number of urea groups is 1. The second-order valence-electron chi connectivity index (χ2n) is 8.33. The van der Waals surface area contributed by atoms with Crippen LogP contribution in [0.2, 0.25) is 0 Å². The molecule has 1 atom stereocenters. The molecule has 1 aliphatic heterocycles. The van der Waals surface area contributed by atoms with Crippen molar-refractivity contribution in [2.45, 2.75) is 58.9 Å². The predicted molar refractivity (Wildman–Crippen MR) is 121 cm³/mol. The molecular formula is C22H35N3O5S. The van der Waals surface area contributed by atoms with Crippen molar-refractivity contribution < 1.29 is 22.7 Å². The number of sulfonamides is 1. The van der Waals surface area contributed by atoms with Crippen molar-refractivity contribution in [2.24, 2.45) is 5.92 Å². The number of amides is 3. The van der Waals surface area contributed by atoms with Crippen molar-refractivity contribution >= 4 is 22.0 Å². The SMILES string of the molecule is C=C(C)/C(=C\C(=C/C)[C@H](C)NS(=O)(=O)CCCCCN1CC(=O)NC1=O)OCC1CC1. The highest BCUT2D eigenvalue weighted by Crippen LogP contribution is 2.30. The van der Waals surface area contributed by atoms with Gasteiger partial charge in [0.15, 0.2) is 0 Å². The highest BCUT2D eigenvalue weighted by Gasteiger charge is 2.26. The Morgan fingerprint density at radius 3 is 2.58 bits per heavy atom. The zero-order chi connectivity index (χ0) is 23.0. The number of hydrogen-bond donors (Lipinski definition) is 2. The summed E-state index contributed by atoms with van der Waals surface area (Å²) in [5, 5.41) is 2.22. The van der Waals surface area contributed by atoms with Crippen molar-refractivity contribution in [2.75, 3.05) is 25.4 Å². The molecule has 1 heterocycles. The molecular weight excluding hydrogens is 418 g/mol. The Bertz CT molecular complexity index is 843. The van der Waals surface area contributed by atoms with Gasteiger partial charge in [0, 0.05) is 12.6 Å². The van der Waals surface area contributed by atoms with Crippen molar-refractivity contribution in [3.05, 3.63) is 35.6 Å². The largest absolute Gasteiger partial charge is 0.493 e. The first-order chi connectivity index (χ1) is 14.6. The Kier molecular flexibility index (Phi) is 9.31. The number of nitrogens with zero attached hydrogens (tertiary/aromatic N) is 1. The molecule has 1 saturated heterocycles. The zero-order valence-electron chi connectivity index (χ0n) is 18.8. The van der Waals surface area contributed by atoms with Gasteiger partial charge in [-0.2, -0.15) is 0 Å². The van der Waals surface area contributed by atoms with Crippen LogP contribution in [-0.4, -0.2) is 56.7 Å². The third-order valence-electron chi connectivity index (χ3n) is 5.29. The Morgan fingerprint density at radius 1 is 1.32 bits per heavy atom. The van der Waals surface area contributed by atoms with Crippen molar-refractivity contribution in [3.8, 4) is 0 Å². The minimum absolute atomic E-state index is 0.00863. The maximum atomic E-state index is 12.5. The molecule has 2 fully saturated rings. The molecule has 0 aromatic heterocycles. The fourth-order valence-corrected chi connectivity index (χ4v) is 4.60. The van der Waals surface area contributed by atoms with Crippen molar-refractivity contribution in [1.29, 1.82) is 0 Å². The quantitative estimate of drug-likeness (QED) is 0.182. The molecule has 0 spiro atoms. The number of carbonyl (C=O) groups is 2. The highest BCUT2D eigenvalue weighted by molar-refractivity contribution is 7.89. The monoisotopic (exact) mass is 453 g/mol. The number of ether oxygens (including phenoxy) is 1. The lowest BCUT2D eigenvalue weighted by Crippen LogP contribution is -2.35. The van der Waals surface area contributed by atoms with E-state index in [4.69, 9.17) is 4.74 Å². The average Bonchev–Trinajstić information content (AvgIpc) is 3.44. The summed E-state index contributed by atoms with van der Waals surface area (Å²) in [6.45, 7) is 10.7. The number of unbranched alkanes of at least 4 members (excludes halogenated alkanes) is 2. The maximum absolute atomic E-state index is 12.5. The molecule has 3 amide bonds. The zero-order valence-corrected chi connectivity index (χ0v) is 19.6. The fraction of sp³-hybridized carbons (Fsp3) is 0.636. The number of carbonyl (C=O) groups excluding carboxylic acids is 2. The van der Waals surface area contributed by atoms with Gasteiger partial charge in [-0.05, 0) is 69.6 Å². The summed E-state index contributed by atoms with van der Waals surface area (Å²) in [5.41, 5.74) is 1.63. The molecule has 9 heteroatoms. The van der Waals surface area contributed by atoms with E-state index in [0.29, 0.717) is 44.1 Å². The lowest BCUT2D eigenvalue weighted by atomic mass is 10.1. The van der Waals surface area contributed by atoms with Crippen LogP contribution < -0.4 is 10.0 Å². The number of nitrogens with one attached hydrogen (secondary N) is 2. The van der Waals surface area contributed by atoms with Gasteiger partial charge in [0.05, 0.1) is 12.4 Å². The molecule has 0 unspecified atom stereocenters. The van der Waals surface area contributed by atoms with E-state index < -0.39 is 16.1 Å². The van der Waals surface area contributed by atoms with Gasteiger partial charge in [0.1, 0.15) is 12.3 Å². The first kappa shape index (κ1) is 25.1. The van der Waals surface area contributed by atoms with Crippen LogP contribution in [0.5, 0.6) is 0 Å². The molecule has 2 N–H and O–H groups in total. The van der Waals surface area contributed by atoms with Gasteiger partial charge in [-0.1, -0.05) is 19.1 Å². The maximum Gasteiger partial charge on any atom is 0.324 e. The summed E-state index contributed by atoms with van der Waals surface area (Å²) in [5.74, 6) is 1.02. The van der Waals surface area contributed by atoms with Gasteiger partial charge in [0.2, 0.25) is 15.9 Å². The van der Waals surface area contributed by atoms with Gasteiger partial charge >= 0.3 is 6.03 Å². The lowest BCUT2D eigenvalue weighted by molar-refractivity contribution is -0.118. The second-order valence-corrected chi connectivity index (χ2v) is 10.2. The van der Waals surface area contributed by atoms with Crippen molar-refractivity contribution in [1.82, 2.24) is 14.9 Å². The number of rotatable bonds is 14. The molecule has 1 saturated carbocycles. The highest BCUT2D eigenvalue weighted by atomic mass is 32.2. The molecule has 31 heavy (non-hydrogen) atoms. The van der Waals surface area contributed by atoms with Gasteiger partial charge in [-0.3, -0.25) is 10.1 Å². The van der Waals surface area contributed by atoms with Crippen LogP contribution >= 0.6 is 0 Å². The Morgan fingerprint density at radius 2 is 2.03 bits per heavy atom. The smallest absolute Gasteiger partial charge is 0.324 e. The van der Waals surface area contributed by atoms with Crippen LogP contribution in [0, 0.1) is 5.92 Å². The molecule has 0 bridgehead atoms. The summed E-state index contributed by atoms with van der Waals surface area (Å²) in [7, 11) is -3.46. The molecule has 2 rings (SSSR count). The Labute approximate surface area is 185 Å². The first-order valence-corrected chi connectivity index (χ1v) is 12.5. The van der Waals surface area contributed by atoms with Crippen LogP contribution in [0.4, 0.5) is 4.79 Å². The summed E-state index contributed by atoms with van der Waals surface area (Å²) >= 11 is 0. The van der Waals surface area contributed by atoms with Gasteiger partial charge in [-0.15, -0.1) is 0 Å². The Balaban J connectivity index is 1.78. The van der Waals surface area contributed by atoms with E-state index in [1.54, 1.807) is 0 Å². The number of allylic oxidation sites excluding steroid dienone is 2. The molecule has 174 valence electrons. The molecule has 1 aliphatic carbocycles. The minimum atomic E-state index is -3.46. The van der Waals surface area contributed by atoms with Crippen LogP contribution in [0.1, 0.15) is 52.9 Å². The fourth-order valence-electron chi connectivity index (χ4n) is 3.22. The second kappa shape index (κ2) is 11.5. The van der Waals surface area contributed by atoms with E-state index >= 15 is 0 Å². The summed E-state index contributed by atoms with van der Waals surface area (Å²) in [6, 6.07) is -0.775. The normalized spacial score (nSPS) is 18.9. The van der Waals surface area contributed by atoms with E-state index in [1.165, 1.54) is 17.7 Å². The molecule has 0 radical (unpaired) electrons. The number of hydrogen-bond acceptors (Lipinski definition) is 5. The van der Waals surface area contributed by atoms with Crippen molar-refractivity contribution in [3.63, 3.8) is 0 Å². The molecule has 0 aromatic rings. The molecule has 2 aliphatic rings. The van der Waals surface area contributed by atoms with Gasteiger partial charge < -0.3 is 9.64 Å². The number of imide groups is 1. The first-order valence-electron chi connectivity index (χ1n) is 10.9. The van der Waals surface area contributed by atoms with E-state index in [1.807, 2.05) is 32.9 Å². The van der Waals surface area contributed by atoms with E-state index in [2.05, 4.69) is 16.6 Å². The third kappa shape index (κ3) is 8.86. The topological polar surface area (TPSA) is 105 Å². The van der Waals surface area contributed by atoms with Gasteiger partial charge in [0.25, 0.3) is 0 Å².